The third-order valence-electron chi connectivity index (χ3n) is 4.86. The second-order valence-corrected chi connectivity index (χ2v) is 7.26. The number of aliphatic imine (C=N–C) groups is 1. The number of anilines is 2. The van der Waals surface area contributed by atoms with E-state index in [-0.39, 0.29) is 12.5 Å². The van der Waals surface area contributed by atoms with Crippen LogP contribution in [0.15, 0.2) is 40.8 Å². The first kappa shape index (κ1) is 16.8. The Bertz CT molecular complexity index is 798. The van der Waals surface area contributed by atoms with Gasteiger partial charge in [0.2, 0.25) is 5.91 Å². The van der Waals surface area contributed by atoms with E-state index in [1.165, 1.54) is 5.56 Å². The van der Waals surface area contributed by atoms with Gasteiger partial charge in [0.1, 0.15) is 6.54 Å². The molecule has 2 aliphatic rings. The van der Waals surface area contributed by atoms with Gasteiger partial charge in [0.25, 0.3) is 0 Å². The molecule has 1 fully saturated rings. The molecule has 0 saturated carbocycles. The molecule has 1 amide bonds. The van der Waals surface area contributed by atoms with E-state index in [1.54, 1.807) is 11.3 Å². The molecule has 0 unspecified atom stereocenters. The number of thiazole rings is 1. The van der Waals surface area contributed by atoms with Crippen LogP contribution in [0.5, 0.6) is 0 Å². The van der Waals surface area contributed by atoms with Gasteiger partial charge in [-0.25, -0.2) is 9.98 Å². The van der Waals surface area contributed by atoms with E-state index in [0.717, 1.165) is 50.0 Å². The SMILES string of the molecule is NC(=NCC(=O)N1CCc2ccccc21)N1CCN(c2nccs2)CC1. The number of carbonyl (C=O) groups is 1. The fourth-order valence-electron chi connectivity index (χ4n) is 3.43. The van der Waals surface area contributed by atoms with Crippen molar-refractivity contribution in [3.05, 3.63) is 41.4 Å². The number of carbonyl (C=O) groups excluding carboxylic acids is 1. The Hall–Kier alpha value is -2.61. The number of nitrogens with two attached hydrogens (primary N) is 1. The zero-order valence-electron chi connectivity index (χ0n) is 14.5. The Morgan fingerprint density at radius 2 is 2.00 bits per heavy atom. The summed E-state index contributed by atoms with van der Waals surface area (Å²) >= 11 is 1.65. The summed E-state index contributed by atoms with van der Waals surface area (Å²) < 4.78 is 0. The molecule has 26 heavy (non-hydrogen) atoms. The highest BCUT2D eigenvalue weighted by Crippen LogP contribution is 2.27. The minimum atomic E-state index is -0.000628. The van der Waals surface area contributed by atoms with E-state index >= 15 is 0 Å². The van der Waals surface area contributed by atoms with Gasteiger partial charge in [-0.15, -0.1) is 11.3 Å². The van der Waals surface area contributed by atoms with E-state index in [4.69, 9.17) is 5.73 Å². The Balaban J connectivity index is 1.32. The number of aromatic nitrogens is 1. The van der Waals surface area contributed by atoms with Crippen LogP contribution in [0.2, 0.25) is 0 Å². The topological polar surface area (TPSA) is 78.1 Å². The molecule has 7 nitrogen and oxygen atoms in total. The highest BCUT2D eigenvalue weighted by atomic mass is 32.1. The largest absolute Gasteiger partial charge is 0.370 e. The van der Waals surface area contributed by atoms with E-state index in [2.05, 4.69) is 20.9 Å². The number of hydrogen-bond donors (Lipinski definition) is 1. The number of rotatable bonds is 3. The van der Waals surface area contributed by atoms with Gasteiger partial charge in [0, 0.05) is 50.0 Å². The van der Waals surface area contributed by atoms with Crippen LogP contribution in [0.1, 0.15) is 5.56 Å². The molecule has 0 bridgehead atoms. The molecular weight excluding hydrogens is 348 g/mol. The smallest absolute Gasteiger partial charge is 0.248 e. The summed E-state index contributed by atoms with van der Waals surface area (Å²) in [6, 6.07) is 8.03. The number of fused-ring (bicyclic) bond motifs is 1. The van der Waals surface area contributed by atoms with Gasteiger partial charge in [0.05, 0.1) is 0 Å². The number of hydrogen-bond acceptors (Lipinski definition) is 5. The molecule has 0 spiro atoms. The van der Waals surface area contributed by atoms with Crippen molar-refractivity contribution < 1.29 is 4.79 Å². The first-order valence-corrected chi connectivity index (χ1v) is 9.68. The average Bonchev–Trinajstić information content (AvgIpc) is 3.36. The summed E-state index contributed by atoms with van der Waals surface area (Å²) in [6.07, 6.45) is 2.73. The minimum absolute atomic E-state index is 0.000628. The summed E-state index contributed by atoms with van der Waals surface area (Å²) in [4.78, 5) is 27.3. The van der Waals surface area contributed by atoms with E-state index in [1.807, 2.05) is 39.6 Å². The lowest BCUT2D eigenvalue weighted by atomic mass is 10.2. The quantitative estimate of drug-likeness (QED) is 0.648. The molecule has 0 atom stereocenters. The zero-order valence-corrected chi connectivity index (χ0v) is 15.4. The van der Waals surface area contributed by atoms with Crippen LogP contribution in [0.3, 0.4) is 0 Å². The normalized spacial score (nSPS) is 17.5. The van der Waals surface area contributed by atoms with Crippen molar-refractivity contribution in [2.24, 2.45) is 10.7 Å². The monoisotopic (exact) mass is 370 g/mol. The van der Waals surface area contributed by atoms with E-state index in [9.17, 15) is 4.79 Å². The van der Waals surface area contributed by atoms with Crippen molar-refractivity contribution in [3.63, 3.8) is 0 Å². The molecule has 1 aromatic carbocycles. The van der Waals surface area contributed by atoms with Crippen molar-refractivity contribution >= 4 is 34.0 Å². The maximum Gasteiger partial charge on any atom is 0.248 e. The van der Waals surface area contributed by atoms with Crippen LogP contribution in [0.25, 0.3) is 0 Å². The number of nitrogens with zero attached hydrogens (tertiary/aromatic N) is 5. The Kier molecular flexibility index (Phi) is 4.75. The summed E-state index contributed by atoms with van der Waals surface area (Å²) in [7, 11) is 0. The van der Waals surface area contributed by atoms with Crippen LogP contribution in [0.4, 0.5) is 10.8 Å². The average molecular weight is 370 g/mol. The standard InChI is InChI=1S/C18H22N6OS/c19-17(22-8-10-23(11-9-22)18-20-6-12-26-18)21-13-16(25)24-7-5-14-3-1-2-4-15(14)24/h1-4,6,12H,5,7-11,13H2,(H2,19,21). The van der Waals surface area contributed by atoms with Crippen LogP contribution < -0.4 is 15.5 Å². The number of para-hydroxylation sites is 1. The molecule has 136 valence electrons. The van der Waals surface area contributed by atoms with Crippen molar-refractivity contribution in [2.45, 2.75) is 6.42 Å². The van der Waals surface area contributed by atoms with Gasteiger partial charge in [-0.2, -0.15) is 0 Å². The first-order valence-electron chi connectivity index (χ1n) is 8.80. The van der Waals surface area contributed by atoms with Crippen LogP contribution in [-0.2, 0) is 11.2 Å². The summed E-state index contributed by atoms with van der Waals surface area (Å²) in [6.45, 7) is 4.10. The highest BCUT2D eigenvalue weighted by molar-refractivity contribution is 7.13. The fraction of sp³-hybridized carbons (Fsp3) is 0.389. The number of benzene rings is 1. The molecule has 8 heteroatoms. The Labute approximate surface area is 156 Å². The number of amides is 1. The van der Waals surface area contributed by atoms with Crippen molar-refractivity contribution in [1.82, 2.24) is 9.88 Å². The van der Waals surface area contributed by atoms with Gasteiger partial charge in [0.15, 0.2) is 11.1 Å². The lowest BCUT2D eigenvalue weighted by Crippen LogP contribution is -2.51. The number of guanidine groups is 1. The van der Waals surface area contributed by atoms with Gasteiger partial charge >= 0.3 is 0 Å². The predicted octanol–water partition coefficient (Wildman–Crippen LogP) is 1.17. The van der Waals surface area contributed by atoms with Crippen molar-refractivity contribution in [2.75, 3.05) is 49.1 Å². The molecule has 2 N–H and O–H groups in total. The lowest BCUT2D eigenvalue weighted by Gasteiger charge is -2.35. The molecule has 2 aromatic rings. The van der Waals surface area contributed by atoms with Crippen LogP contribution in [-0.4, -0.2) is 61.0 Å². The Morgan fingerprint density at radius 3 is 2.77 bits per heavy atom. The van der Waals surface area contributed by atoms with Gasteiger partial charge in [-0.3, -0.25) is 4.79 Å². The molecule has 4 rings (SSSR count). The second-order valence-electron chi connectivity index (χ2n) is 6.39. The first-order chi connectivity index (χ1) is 12.7. The molecule has 1 aromatic heterocycles. The van der Waals surface area contributed by atoms with Gasteiger partial charge in [-0.1, -0.05) is 18.2 Å². The summed E-state index contributed by atoms with van der Waals surface area (Å²) in [5, 5.41) is 3.03. The number of piperazine rings is 1. The molecular formula is C18H22N6OS. The van der Waals surface area contributed by atoms with Crippen molar-refractivity contribution in [1.29, 1.82) is 0 Å². The van der Waals surface area contributed by atoms with Gasteiger partial charge in [-0.05, 0) is 18.1 Å². The molecule has 1 saturated heterocycles. The zero-order chi connectivity index (χ0) is 17.9. The van der Waals surface area contributed by atoms with E-state index < -0.39 is 0 Å². The highest BCUT2D eigenvalue weighted by Gasteiger charge is 2.24. The second kappa shape index (κ2) is 7.33. The minimum Gasteiger partial charge on any atom is -0.370 e. The lowest BCUT2D eigenvalue weighted by molar-refractivity contribution is -0.117. The third-order valence-corrected chi connectivity index (χ3v) is 5.69. The maximum atomic E-state index is 12.5. The maximum absolute atomic E-state index is 12.5. The summed E-state index contributed by atoms with van der Waals surface area (Å²) in [5.41, 5.74) is 8.35. The summed E-state index contributed by atoms with van der Waals surface area (Å²) in [5.74, 6) is 0.448. The molecule has 2 aliphatic heterocycles. The van der Waals surface area contributed by atoms with Crippen LogP contribution >= 0.6 is 11.3 Å². The van der Waals surface area contributed by atoms with Crippen LogP contribution in [0, 0.1) is 0 Å². The Morgan fingerprint density at radius 1 is 1.19 bits per heavy atom. The third kappa shape index (κ3) is 3.37. The predicted molar refractivity (Wildman–Crippen MR) is 105 cm³/mol. The van der Waals surface area contributed by atoms with Crippen molar-refractivity contribution in [3.8, 4) is 0 Å². The van der Waals surface area contributed by atoms with Gasteiger partial charge < -0.3 is 20.4 Å². The molecule has 3 heterocycles. The molecule has 0 radical (unpaired) electrons. The van der Waals surface area contributed by atoms with E-state index in [0.29, 0.717) is 5.96 Å². The molecule has 0 aliphatic carbocycles. The fourth-order valence-corrected chi connectivity index (χ4v) is 4.13.